The van der Waals surface area contributed by atoms with E-state index in [0.717, 1.165) is 17.5 Å². The van der Waals surface area contributed by atoms with Crippen LogP contribution in [0.2, 0.25) is 0 Å². The maximum Gasteiger partial charge on any atom is 0.305 e. The number of hydrogen-bond acceptors (Lipinski definition) is 2. The third-order valence-corrected chi connectivity index (χ3v) is 3.03. The van der Waals surface area contributed by atoms with Gasteiger partial charge in [0.2, 0.25) is 0 Å². The fourth-order valence-electron chi connectivity index (χ4n) is 2.03. The van der Waals surface area contributed by atoms with Crippen LogP contribution in [0.5, 0.6) is 0 Å². The molecule has 0 bridgehead atoms. The molecule has 104 valence electrons. The second kappa shape index (κ2) is 6.92. The quantitative estimate of drug-likeness (QED) is 0.829. The van der Waals surface area contributed by atoms with E-state index in [2.05, 4.69) is 5.32 Å². The lowest BCUT2D eigenvalue weighted by atomic mass is 10.0. The molecule has 0 saturated carbocycles. The predicted octanol–water partition coefficient (Wildman–Crippen LogP) is 2.68. The predicted molar refractivity (Wildman–Crippen MR) is 74.3 cm³/mol. The summed E-state index contributed by atoms with van der Waals surface area (Å²) in [5.41, 5.74) is 2.53. The molecule has 0 aromatic heterocycles. The zero-order chi connectivity index (χ0) is 14.4. The number of aryl methyl sites for hydroxylation is 2. The highest BCUT2D eigenvalue weighted by atomic mass is 16.4. The van der Waals surface area contributed by atoms with Gasteiger partial charge in [0.05, 0.1) is 6.42 Å². The van der Waals surface area contributed by atoms with E-state index in [4.69, 9.17) is 5.11 Å². The van der Waals surface area contributed by atoms with Crippen molar-refractivity contribution in [1.82, 2.24) is 5.32 Å². The van der Waals surface area contributed by atoms with E-state index in [-0.39, 0.29) is 18.4 Å². The normalized spacial score (nSPS) is 11.9. The summed E-state index contributed by atoms with van der Waals surface area (Å²) in [7, 11) is 0. The Hall–Kier alpha value is -1.84. The van der Waals surface area contributed by atoms with Crippen molar-refractivity contribution < 1.29 is 14.7 Å². The topological polar surface area (TPSA) is 66.4 Å². The highest BCUT2D eigenvalue weighted by Gasteiger charge is 2.17. The standard InChI is InChI=1S/C15H21NO3/c1-4-5-12(9-14(17)18)16-15(19)13-8-10(2)6-7-11(13)3/h6-8,12H,4-5,9H2,1-3H3,(H,16,19)(H,17,18). The molecule has 1 atom stereocenters. The first-order valence-corrected chi connectivity index (χ1v) is 6.54. The van der Waals surface area contributed by atoms with Gasteiger partial charge in [0, 0.05) is 11.6 Å². The van der Waals surface area contributed by atoms with Gasteiger partial charge in [-0.3, -0.25) is 9.59 Å². The van der Waals surface area contributed by atoms with Crippen LogP contribution < -0.4 is 5.32 Å². The van der Waals surface area contributed by atoms with E-state index in [0.29, 0.717) is 12.0 Å². The minimum Gasteiger partial charge on any atom is -0.481 e. The van der Waals surface area contributed by atoms with E-state index in [1.54, 1.807) is 0 Å². The van der Waals surface area contributed by atoms with Crippen LogP contribution in [-0.4, -0.2) is 23.0 Å². The van der Waals surface area contributed by atoms with Crippen molar-refractivity contribution in [1.29, 1.82) is 0 Å². The second-order valence-corrected chi connectivity index (χ2v) is 4.88. The van der Waals surface area contributed by atoms with E-state index in [1.807, 2.05) is 39.0 Å². The Bertz CT molecular complexity index is 468. The number of carboxylic acid groups (broad SMARTS) is 1. The molecule has 0 aliphatic heterocycles. The molecular formula is C15H21NO3. The number of carbonyl (C=O) groups excluding carboxylic acids is 1. The Morgan fingerprint density at radius 1 is 1.32 bits per heavy atom. The molecule has 2 N–H and O–H groups in total. The Labute approximate surface area is 113 Å². The summed E-state index contributed by atoms with van der Waals surface area (Å²) in [5, 5.41) is 11.7. The first-order chi connectivity index (χ1) is 8.93. The van der Waals surface area contributed by atoms with Gasteiger partial charge in [-0.1, -0.05) is 31.0 Å². The second-order valence-electron chi connectivity index (χ2n) is 4.88. The van der Waals surface area contributed by atoms with E-state index >= 15 is 0 Å². The Morgan fingerprint density at radius 3 is 2.58 bits per heavy atom. The van der Waals surface area contributed by atoms with Crippen molar-refractivity contribution in [2.24, 2.45) is 0 Å². The van der Waals surface area contributed by atoms with Gasteiger partial charge in [0.25, 0.3) is 5.91 Å². The molecule has 19 heavy (non-hydrogen) atoms. The SMILES string of the molecule is CCCC(CC(=O)O)NC(=O)c1cc(C)ccc1C. The molecule has 4 nitrogen and oxygen atoms in total. The molecule has 0 saturated heterocycles. The van der Waals surface area contributed by atoms with Crippen LogP contribution in [0.4, 0.5) is 0 Å². The van der Waals surface area contributed by atoms with Crippen molar-refractivity contribution in [3.8, 4) is 0 Å². The highest BCUT2D eigenvalue weighted by molar-refractivity contribution is 5.96. The maximum atomic E-state index is 12.2. The maximum absolute atomic E-state index is 12.2. The minimum atomic E-state index is -0.889. The zero-order valence-corrected chi connectivity index (χ0v) is 11.7. The van der Waals surface area contributed by atoms with Gasteiger partial charge < -0.3 is 10.4 Å². The van der Waals surface area contributed by atoms with Gasteiger partial charge in [-0.2, -0.15) is 0 Å². The lowest BCUT2D eigenvalue weighted by Gasteiger charge is -2.17. The van der Waals surface area contributed by atoms with E-state index < -0.39 is 5.97 Å². The first-order valence-electron chi connectivity index (χ1n) is 6.54. The van der Waals surface area contributed by atoms with Crippen LogP contribution in [0, 0.1) is 13.8 Å². The third kappa shape index (κ3) is 4.73. The van der Waals surface area contributed by atoms with Gasteiger partial charge in [-0.05, 0) is 31.9 Å². The van der Waals surface area contributed by atoms with Gasteiger partial charge in [-0.15, -0.1) is 0 Å². The molecular weight excluding hydrogens is 242 g/mol. The van der Waals surface area contributed by atoms with Crippen molar-refractivity contribution in [2.45, 2.75) is 46.1 Å². The number of amides is 1. The van der Waals surface area contributed by atoms with Gasteiger partial charge in [-0.25, -0.2) is 0 Å². The number of carboxylic acids is 1. The van der Waals surface area contributed by atoms with Crippen molar-refractivity contribution in [3.05, 3.63) is 34.9 Å². The zero-order valence-electron chi connectivity index (χ0n) is 11.7. The Balaban J connectivity index is 2.81. The van der Waals surface area contributed by atoms with Crippen LogP contribution in [0.1, 0.15) is 47.7 Å². The summed E-state index contributed by atoms with van der Waals surface area (Å²) in [4.78, 5) is 23.0. The third-order valence-electron chi connectivity index (χ3n) is 3.03. The van der Waals surface area contributed by atoms with Crippen molar-refractivity contribution in [3.63, 3.8) is 0 Å². The lowest BCUT2D eigenvalue weighted by molar-refractivity contribution is -0.137. The summed E-state index contributed by atoms with van der Waals surface area (Å²) < 4.78 is 0. The summed E-state index contributed by atoms with van der Waals surface area (Å²) in [5.74, 6) is -1.08. The largest absolute Gasteiger partial charge is 0.481 e. The summed E-state index contributed by atoms with van der Waals surface area (Å²) in [6.45, 7) is 5.77. The number of benzene rings is 1. The number of nitrogens with one attached hydrogen (secondary N) is 1. The van der Waals surface area contributed by atoms with Gasteiger partial charge in [0.15, 0.2) is 0 Å². The number of aliphatic carboxylic acids is 1. The Kier molecular flexibility index (Phi) is 5.55. The molecule has 1 amide bonds. The van der Waals surface area contributed by atoms with Gasteiger partial charge in [0.1, 0.15) is 0 Å². The smallest absolute Gasteiger partial charge is 0.305 e. The van der Waals surface area contributed by atoms with Crippen LogP contribution in [-0.2, 0) is 4.79 Å². The van der Waals surface area contributed by atoms with Crippen LogP contribution in [0.25, 0.3) is 0 Å². The molecule has 0 radical (unpaired) electrons. The van der Waals surface area contributed by atoms with Crippen LogP contribution in [0.3, 0.4) is 0 Å². The molecule has 1 aromatic rings. The number of carbonyl (C=O) groups is 2. The summed E-state index contributed by atoms with van der Waals surface area (Å²) in [6, 6.07) is 5.37. The molecule has 1 rings (SSSR count). The van der Waals surface area contributed by atoms with Crippen molar-refractivity contribution in [2.75, 3.05) is 0 Å². The number of hydrogen-bond donors (Lipinski definition) is 2. The fourth-order valence-corrected chi connectivity index (χ4v) is 2.03. The van der Waals surface area contributed by atoms with Crippen LogP contribution in [0.15, 0.2) is 18.2 Å². The first kappa shape index (κ1) is 15.2. The minimum absolute atomic E-state index is 0.0373. The molecule has 1 unspecified atom stereocenters. The summed E-state index contributed by atoms with van der Waals surface area (Å²) >= 11 is 0. The molecule has 0 aliphatic carbocycles. The molecule has 1 aromatic carbocycles. The van der Waals surface area contributed by atoms with E-state index in [1.165, 1.54) is 0 Å². The molecule has 4 heteroatoms. The fraction of sp³-hybridized carbons (Fsp3) is 0.467. The molecule has 0 heterocycles. The summed E-state index contributed by atoms with van der Waals surface area (Å²) in [6.07, 6.45) is 1.47. The average Bonchev–Trinajstić information content (AvgIpc) is 2.31. The highest BCUT2D eigenvalue weighted by Crippen LogP contribution is 2.12. The Morgan fingerprint density at radius 2 is 2.00 bits per heavy atom. The molecule has 0 spiro atoms. The molecule has 0 aliphatic rings. The average molecular weight is 263 g/mol. The number of rotatable bonds is 6. The monoisotopic (exact) mass is 263 g/mol. The lowest BCUT2D eigenvalue weighted by Crippen LogP contribution is -2.36. The van der Waals surface area contributed by atoms with Crippen LogP contribution >= 0.6 is 0 Å². The van der Waals surface area contributed by atoms with Crippen molar-refractivity contribution >= 4 is 11.9 Å². The van der Waals surface area contributed by atoms with Gasteiger partial charge >= 0.3 is 5.97 Å². The molecule has 0 fully saturated rings. The van der Waals surface area contributed by atoms with E-state index in [9.17, 15) is 9.59 Å².